The number of para-hydroxylation sites is 1. The van der Waals surface area contributed by atoms with E-state index in [1.165, 1.54) is 22.0 Å². The lowest BCUT2D eigenvalue weighted by molar-refractivity contribution is 0.790. The lowest BCUT2D eigenvalue weighted by atomic mass is 10.1. The van der Waals surface area contributed by atoms with Crippen molar-refractivity contribution in [3.63, 3.8) is 0 Å². The van der Waals surface area contributed by atoms with E-state index in [1.54, 1.807) is 0 Å². The molecule has 2 N–H and O–H groups in total. The molecule has 2 nitrogen and oxygen atoms in total. The van der Waals surface area contributed by atoms with Gasteiger partial charge >= 0.3 is 0 Å². The molecule has 0 aliphatic carbocycles. The highest BCUT2D eigenvalue weighted by Gasteiger charge is 2.06. The summed E-state index contributed by atoms with van der Waals surface area (Å²) in [5, 5.41) is 1.33. The third-order valence-electron chi connectivity index (χ3n) is 2.74. The number of hydrogen-bond donors (Lipinski definition) is 1. The Labute approximate surface area is 84.3 Å². The molecular weight excluding hydrogens is 172 g/mol. The molecule has 0 saturated carbocycles. The Kier molecular flexibility index (Phi) is 2.30. The van der Waals surface area contributed by atoms with Gasteiger partial charge in [-0.2, -0.15) is 0 Å². The van der Waals surface area contributed by atoms with Crippen molar-refractivity contribution in [2.24, 2.45) is 5.73 Å². The molecule has 0 aliphatic heterocycles. The second-order valence-electron chi connectivity index (χ2n) is 3.62. The Morgan fingerprint density at radius 2 is 2.14 bits per heavy atom. The van der Waals surface area contributed by atoms with Gasteiger partial charge in [-0.1, -0.05) is 18.2 Å². The minimum Gasteiger partial charge on any atom is -0.347 e. The van der Waals surface area contributed by atoms with Gasteiger partial charge in [-0.25, -0.2) is 0 Å². The summed E-state index contributed by atoms with van der Waals surface area (Å²) in [5.41, 5.74) is 9.60. The maximum absolute atomic E-state index is 5.74. The number of nitrogens with two attached hydrogens (primary N) is 1. The van der Waals surface area contributed by atoms with Crippen LogP contribution in [0.4, 0.5) is 0 Å². The van der Waals surface area contributed by atoms with Crippen molar-refractivity contribution >= 4 is 10.9 Å². The Hall–Kier alpha value is -1.28. The van der Waals surface area contributed by atoms with Crippen molar-refractivity contribution in [2.45, 2.75) is 26.9 Å². The summed E-state index contributed by atoms with van der Waals surface area (Å²) in [6.07, 6.45) is 2.20. The lowest BCUT2D eigenvalue weighted by Gasteiger charge is -2.05. The van der Waals surface area contributed by atoms with Crippen molar-refractivity contribution in [1.82, 2.24) is 4.57 Å². The van der Waals surface area contributed by atoms with E-state index in [2.05, 4.69) is 42.8 Å². The van der Waals surface area contributed by atoms with E-state index >= 15 is 0 Å². The van der Waals surface area contributed by atoms with Crippen LogP contribution in [-0.2, 0) is 13.1 Å². The first-order valence-corrected chi connectivity index (χ1v) is 5.05. The molecule has 74 valence electrons. The summed E-state index contributed by atoms with van der Waals surface area (Å²) in [6.45, 7) is 5.92. The van der Waals surface area contributed by atoms with Gasteiger partial charge in [-0.15, -0.1) is 0 Å². The van der Waals surface area contributed by atoms with Crippen molar-refractivity contribution in [2.75, 3.05) is 0 Å². The zero-order valence-corrected chi connectivity index (χ0v) is 8.75. The highest BCUT2D eigenvalue weighted by Crippen LogP contribution is 2.23. The van der Waals surface area contributed by atoms with Crippen LogP contribution in [0.3, 0.4) is 0 Å². The number of rotatable bonds is 2. The fourth-order valence-corrected chi connectivity index (χ4v) is 2.03. The van der Waals surface area contributed by atoms with Crippen LogP contribution >= 0.6 is 0 Å². The van der Waals surface area contributed by atoms with E-state index in [9.17, 15) is 0 Å². The molecule has 0 fully saturated rings. The second kappa shape index (κ2) is 3.46. The molecule has 2 heteroatoms. The van der Waals surface area contributed by atoms with Crippen LogP contribution in [0.1, 0.15) is 18.1 Å². The van der Waals surface area contributed by atoms with Gasteiger partial charge in [0.25, 0.3) is 0 Å². The van der Waals surface area contributed by atoms with Gasteiger partial charge < -0.3 is 10.3 Å². The molecule has 2 rings (SSSR count). The average Bonchev–Trinajstić information content (AvgIpc) is 2.56. The average molecular weight is 188 g/mol. The standard InChI is InChI=1S/C12H16N2/c1-3-14-8-9(2)11-6-4-5-10(7-13)12(11)14/h4-6,8H,3,7,13H2,1-2H3. The molecule has 0 aliphatic rings. The van der Waals surface area contributed by atoms with Crippen LogP contribution in [0.5, 0.6) is 0 Å². The van der Waals surface area contributed by atoms with Crippen molar-refractivity contribution in [3.05, 3.63) is 35.5 Å². The Morgan fingerprint density at radius 1 is 1.36 bits per heavy atom. The van der Waals surface area contributed by atoms with Gasteiger partial charge in [0, 0.05) is 24.7 Å². The molecule has 1 aromatic heterocycles. The summed E-state index contributed by atoms with van der Waals surface area (Å²) < 4.78 is 2.27. The van der Waals surface area contributed by atoms with Crippen molar-refractivity contribution in [1.29, 1.82) is 0 Å². The molecular formula is C12H16N2. The topological polar surface area (TPSA) is 30.9 Å². The lowest BCUT2D eigenvalue weighted by Crippen LogP contribution is -2.00. The Balaban J connectivity index is 2.82. The highest BCUT2D eigenvalue weighted by molar-refractivity contribution is 5.86. The summed E-state index contributed by atoms with van der Waals surface area (Å²) in [5.74, 6) is 0. The normalized spacial score (nSPS) is 11.1. The van der Waals surface area contributed by atoms with Crippen LogP contribution in [0.25, 0.3) is 10.9 Å². The number of benzene rings is 1. The molecule has 2 aromatic rings. The van der Waals surface area contributed by atoms with Crippen molar-refractivity contribution < 1.29 is 0 Å². The second-order valence-corrected chi connectivity index (χ2v) is 3.62. The van der Waals surface area contributed by atoms with Gasteiger partial charge in [0.05, 0.1) is 5.52 Å². The van der Waals surface area contributed by atoms with Crippen LogP contribution in [-0.4, -0.2) is 4.57 Å². The first-order valence-electron chi connectivity index (χ1n) is 5.05. The largest absolute Gasteiger partial charge is 0.347 e. The van der Waals surface area contributed by atoms with Gasteiger partial charge in [0.2, 0.25) is 0 Å². The fourth-order valence-electron chi connectivity index (χ4n) is 2.03. The van der Waals surface area contributed by atoms with Gasteiger partial charge in [0.1, 0.15) is 0 Å². The zero-order valence-electron chi connectivity index (χ0n) is 8.75. The smallest absolute Gasteiger partial charge is 0.0528 e. The SMILES string of the molecule is CCn1cc(C)c2cccc(CN)c21. The quantitative estimate of drug-likeness (QED) is 0.771. The number of aromatic nitrogens is 1. The molecule has 0 amide bonds. The first-order chi connectivity index (χ1) is 6.77. The van der Waals surface area contributed by atoms with Gasteiger partial charge in [0.15, 0.2) is 0 Å². The third-order valence-corrected chi connectivity index (χ3v) is 2.74. The molecule has 14 heavy (non-hydrogen) atoms. The van der Waals surface area contributed by atoms with E-state index < -0.39 is 0 Å². The minimum absolute atomic E-state index is 0.612. The fraction of sp³-hybridized carbons (Fsp3) is 0.333. The number of hydrogen-bond acceptors (Lipinski definition) is 1. The molecule has 0 spiro atoms. The highest BCUT2D eigenvalue weighted by atomic mass is 15.0. The summed E-state index contributed by atoms with van der Waals surface area (Å²) in [7, 11) is 0. The maximum Gasteiger partial charge on any atom is 0.0528 e. The zero-order chi connectivity index (χ0) is 10.1. The molecule has 1 aromatic carbocycles. The Morgan fingerprint density at radius 3 is 2.79 bits per heavy atom. The summed E-state index contributed by atoms with van der Waals surface area (Å²) >= 11 is 0. The minimum atomic E-state index is 0.612. The molecule has 1 heterocycles. The monoisotopic (exact) mass is 188 g/mol. The van der Waals surface area contributed by atoms with Crippen molar-refractivity contribution in [3.8, 4) is 0 Å². The van der Waals surface area contributed by atoms with Gasteiger partial charge in [-0.3, -0.25) is 0 Å². The van der Waals surface area contributed by atoms with Gasteiger partial charge in [-0.05, 0) is 25.0 Å². The molecule has 0 saturated heterocycles. The van der Waals surface area contributed by atoms with E-state index in [1.807, 2.05) is 0 Å². The van der Waals surface area contributed by atoms with Crippen LogP contribution in [0.15, 0.2) is 24.4 Å². The third kappa shape index (κ3) is 1.23. The molecule has 0 bridgehead atoms. The van der Waals surface area contributed by atoms with Crippen LogP contribution in [0, 0.1) is 6.92 Å². The van der Waals surface area contributed by atoms with Crippen LogP contribution < -0.4 is 5.73 Å². The van der Waals surface area contributed by atoms with E-state index in [4.69, 9.17) is 5.73 Å². The number of aryl methyl sites for hydroxylation is 2. The number of nitrogens with zero attached hydrogens (tertiary/aromatic N) is 1. The predicted octanol–water partition coefficient (Wildman–Crippen LogP) is 2.43. The van der Waals surface area contributed by atoms with Crippen LogP contribution in [0.2, 0.25) is 0 Å². The summed E-state index contributed by atoms with van der Waals surface area (Å²) in [4.78, 5) is 0. The maximum atomic E-state index is 5.74. The molecule has 0 radical (unpaired) electrons. The number of fused-ring (bicyclic) bond motifs is 1. The van der Waals surface area contributed by atoms with E-state index in [0.717, 1.165) is 6.54 Å². The first kappa shape index (κ1) is 9.28. The Bertz CT molecular complexity index is 455. The molecule has 0 atom stereocenters. The van der Waals surface area contributed by atoms with E-state index in [-0.39, 0.29) is 0 Å². The predicted molar refractivity (Wildman–Crippen MR) is 60.2 cm³/mol. The van der Waals surface area contributed by atoms with E-state index in [0.29, 0.717) is 6.54 Å². The molecule has 0 unspecified atom stereocenters. The summed E-state index contributed by atoms with van der Waals surface area (Å²) in [6, 6.07) is 6.35.